The van der Waals surface area contributed by atoms with E-state index in [4.69, 9.17) is 26.7 Å². The fraction of sp³-hybridized carbons (Fsp3) is 0.789. The minimum atomic E-state index is -1.55. The van der Waals surface area contributed by atoms with Crippen molar-refractivity contribution < 1.29 is 39.2 Å². The fourth-order valence-electron chi connectivity index (χ4n) is 4.30. The van der Waals surface area contributed by atoms with E-state index in [1.165, 1.54) is 0 Å². The van der Waals surface area contributed by atoms with Crippen LogP contribution >= 0.6 is 0 Å². The molecular weight excluding hydrogens is 468 g/mol. The lowest BCUT2D eigenvalue weighted by atomic mass is 9.95. The summed E-state index contributed by atoms with van der Waals surface area (Å²) >= 11 is 0. The van der Waals surface area contributed by atoms with E-state index in [1.54, 1.807) is 0 Å². The average Bonchev–Trinajstić information content (AvgIpc) is 3.24. The molecule has 0 bridgehead atoms. The first-order valence-corrected chi connectivity index (χ1v) is 11.4. The molecule has 198 valence electrons. The van der Waals surface area contributed by atoms with Gasteiger partial charge in [0.2, 0.25) is 11.8 Å². The first kappa shape index (κ1) is 26.8. The van der Waals surface area contributed by atoms with E-state index in [1.807, 2.05) is 0 Å². The van der Waals surface area contributed by atoms with Gasteiger partial charge >= 0.3 is 6.09 Å². The second kappa shape index (κ2) is 11.8. The van der Waals surface area contributed by atoms with Gasteiger partial charge in [-0.15, -0.1) is 0 Å². The quantitative estimate of drug-likeness (QED) is 0.141. The Labute approximate surface area is 200 Å². The molecule has 0 aromatic carbocycles. The number of carbonyl (C=O) groups excluding carboxylic acids is 3. The second-order valence-electron chi connectivity index (χ2n) is 8.71. The van der Waals surface area contributed by atoms with Crippen LogP contribution in [0.4, 0.5) is 4.79 Å². The standard InChI is InChI=1S/C19H34N8O8/c20-3-1-2-7(21)4-10(30)24-13-14(31)15(35-18(22)33)9(6-28)34-17(13)27-19-25-11-8(29)5-23-16(32)12(11)26-19/h7-9,11-15,17,28-29,31H,1-6,20-21H2,(H2,22,33)(H,23,32)(H,24,30)(H2,25,26,27)/t7?,8-,9?,11-,12-,13?,14?,15?,17?/m1/s1. The molecule has 0 aliphatic carbocycles. The number of nitrogens with two attached hydrogens (primary N) is 3. The molecule has 0 radical (unpaired) electrons. The number of nitrogens with zero attached hydrogens (tertiary/aromatic N) is 1. The van der Waals surface area contributed by atoms with Crippen molar-refractivity contribution in [2.75, 3.05) is 19.7 Å². The van der Waals surface area contributed by atoms with E-state index in [0.717, 1.165) is 0 Å². The van der Waals surface area contributed by atoms with Crippen LogP contribution in [0.15, 0.2) is 4.99 Å². The van der Waals surface area contributed by atoms with Crippen molar-refractivity contribution in [1.29, 1.82) is 0 Å². The largest absolute Gasteiger partial charge is 0.441 e. The Morgan fingerprint density at radius 2 is 2.09 bits per heavy atom. The number of aliphatic imine (C=N–C) groups is 1. The van der Waals surface area contributed by atoms with Gasteiger partial charge in [0.15, 0.2) is 24.3 Å². The van der Waals surface area contributed by atoms with Crippen LogP contribution in [0.5, 0.6) is 0 Å². The molecule has 3 heterocycles. The molecule has 3 rings (SSSR count). The molecule has 16 heteroatoms. The van der Waals surface area contributed by atoms with Crippen molar-refractivity contribution in [1.82, 2.24) is 21.3 Å². The molecule has 3 aliphatic rings. The number of hydrogen-bond donors (Lipinski definition) is 10. The summed E-state index contributed by atoms with van der Waals surface area (Å²) in [6, 6.07) is -3.27. The number of piperidine rings is 1. The number of guanidine groups is 1. The van der Waals surface area contributed by atoms with Gasteiger partial charge in [-0.25, -0.2) is 9.79 Å². The lowest BCUT2D eigenvalue weighted by molar-refractivity contribution is -0.198. The van der Waals surface area contributed by atoms with Crippen LogP contribution < -0.4 is 38.5 Å². The number of aliphatic hydroxyl groups is 3. The van der Waals surface area contributed by atoms with E-state index < -0.39 is 73.4 Å². The summed E-state index contributed by atoms with van der Waals surface area (Å²) in [5.74, 6) is -0.828. The fourth-order valence-corrected chi connectivity index (χ4v) is 4.30. The number of hydrogen-bond acceptors (Lipinski definition) is 13. The van der Waals surface area contributed by atoms with Gasteiger partial charge in [-0.1, -0.05) is 0 Å². The van der Waals surface area contributed by atoms with E-state index in [-0.39, 0.29) is 24.8 Å². The maximum Gasteiger partial charge on any atom is 0.404 e. The maximum atomic E-state index is 12.7. The topological polar surface area (TPSA) is 269 Å². The zero-order valence-electron chi connectivity index (χ0n) is 19.0. The van der Waals surface area contributed by atoms with Gasteiger partial charge in [0.05, 0.1) is 18.8 Å². The Morgan fingerprint density at radius 3 is 2.71 bits per heavy atom. The van der Waals surface area contributed by atoms with E-state index in [0.29, 0.717) is 19.4 Å². The van der Waals surface area contributed by atoms with E-state index in [9.17, 15) is 29.7 Å². The third kappa shape index (κ3) is 6.47. The normalized spacial score (nSPS) is 35.1. The number of fused-ring (bicyclic) bond motifs is 1. The van der Waals surface area contributed by atoms with Gasteiger partial charge in [-0.3, -0.25) is 9.59 Å². The van der Waals surface area contributed by atoms with Crippen molar-refractivity contribution in [3.63, 3.8) is 0 Å². The van der Waals surface area contributed by atoms with Crippen molar-refractivity contribution in [2.24, 2.45) is 22.2 Å². The van der Waals surface area contributed by atoms with Crippen LogP contribution in [-0.2, 0) is 19.1 Å². The van der Waals surface area contributed by atoms with Gasteiger partial charge in [0.1, 0.15) is 18.2 Å². The molecular formula is C19H34N8O8. The number of primary amides is 1. The summed E-state index contributed by atoms with van der Waals surface area (Å²) in [7, 11) is 0. The summed E-state index contributed by atoms with van der Waals surface area (Å²) in [5.41, 5.74) is 16.5. The molecule has 0 spiro atoms. The summed E-state index contributed by atoms with van der Waals surface area (Å²) in [4.78, 5) is 40.3. The van der Waals surface area contributed by atoms with Gasteiger partial charge in [0.25, 0.3) is 0 Å². The highest BCUT2D eigenvalue weighted by Crippen LogP contribution is 2.24. The number of aliphatic hydroxyl groups excluding tert-OH is 3. The minimum absolute atomic E-state index is 0.0518. The third-order valence-corrected chi connectivity index (χ3v) is 6.06. The number of rotatable bonds is 9. The molecule has 2 saturated heterocycles. The van der Waals surface area contributed by atoms with Gasteiger partial charge in [0, 0.05) is 19.0 Å². The van der Waals surface area contributed by atoms with Gasteiger partial charge in [-0.05, 0) is 19.4 Å². The SMILES string of the molecule is NCCCC(N)CC(=O)NC1C(NC2=N[C@H]3C(=O)NC[C@@H](O)[C@H]3N2)OC(CO)C(OC(N)=O)C1O. The lowest BCUT2D eigenvalue weighted by Gasteiger charge is -2.44. The molecule has 35 heavy (non-hydrogen) atoms. The molecule has 0 aromatic heterocycles. The van der Waals surface area contributed by atoms with E-state index >= 15 is 0 Å². The zero-order valence-corrected chi connectivity index (χ0v) is 19.0. The second-order valence-corrected chi connectivity index (χ2v) is 8.71. The van der Waals surface area contributed by atoms with Crippen molar-refractivity contribution in [3.05, 3.63) is 0 Å². The molecule has 13 N–H and O–H groups in total. The highest BCUT2D eigenvalue weighted by molar-refractivity contribution is 5.92. The maximum absolute atomic E-state index is 12.7. The lowest BCUT2D eigenvalue weighted by Crippen LogP contribution is -2.70. The first-order valence-electron chi connectivity index (χ1n) is 11.4. The van der Waals surface area contributed by atoms with Crippen LogP contribution in [0.25, 0.3) is 0 Å². The van der Waals surface area contributed by atoms with Crippen LogP contribution in [-0.4, -0.2) is 114 Å². The molecule has 9 atom stereocenters. The summed E-state index contributed by atoms with van der Waals surface area (Å²) < 4.78 is 10.7. The average molecular weight is 503 g/mol. The van der Waals surface area contributed by atoms with Crippen molar-refractivity contribution in [3.8, 4) is 0 Å². The van der Waals surface area contributed by atoms with Gasteiger partial charge < -0.3 is 63.3 Å². The number of carbonyl (C=O) groups is 3. The Morgan fingerprint density at radius 1 is 1.34 bits per heavy atom. The Bertz CT molecular complexity index is 816. The molecule has 0 saturated carbocycles. The Kier molecular flexibility index (Phi) is 9.03. The highest BCUT2D eigenvalue weighted by Gasteiger charge is 2.49. The van der Waals surface area contributed by atoms with Crippen LogP contribution in [0, 0.1) is 0 Å². The third-order valence-electron chi connectivity index (χ3n) is 6.06. The zero-order chi connectivity index (χ0) is 25.7. The van der Waals surface area contributed by atoms with Crippen LogP contribution in [0.3, 0.4) is 0 Å². The van der Waals surface area contributed by atoms with Crippen LogP contribution in [0.2, 0.25) is 0 Å². The molecule has 0 aromatic rings. The molecule has 2 fully saturated rings. The monoisotopic (exact) mass is 502 g/mol. The van der Waals surface area contributed by atoms with Gasteiger partial charge in [-0.2, -0.15) is 0 Å². The number of ether oxygens (including phenoxy) is 2. The predicted molar refractivity (Wildman–Crippen MR) is 119 cm³/mol. The number of β-amino-alcohol motifs (C(OH)–C–C–N with tert-alkyl or cyclic N) is 1. The number of nitrogens with one attached hydrogen (secondary N) is 4. The molecule has 16 nitrogen and oxygen atoms in total. The van der Waals surface area contributed by atoms with E-state index in [2.05, 4.69) is 26.3 Å². The minimum Gasteiger partial charge on any atom is -0.441 e. The molecule has 3 aliphatic heterocycles. The van der Waals surface area contributed by atoms with Crippen LogP contribution in [0.1, 0.15) is 19.3 Å². The number of amides is 3. The Balaban J connectivity index is 1.77. The molecule has 3 amide bonds. The summed E-state index contributed by atoms with van der Waals surface area (Å²) in [6.07, 6.45) is -6.36. The molecule has 6 unspecified atom stereocenters. The predicted octanol–water partition coefficient (Wildman–Crippen LogP) is -5.75. The van der Waals surface area contributed by atoms with Crippen molar-refractivity contribution in [2.45, 2.75) is 74.1 Å². The summed E-state index contributed by atoms with van der Waals surface area (Å²) in [5, 5.41) is 41.7. The first-order chi connectivity index (χ1) is 16.6. The summed E-state index contributed by atoms with van der Waals surface area (Å²) in [6.45, 7) is -0.171. The van der Waals surface area contributed by atoms with Crippen molar-refractivity contribution >= 4 is 23.9 Å². The Hall–Kier alpha value is -2.76. The smallest absolute Gasteiger partial charge is 0.404 e. The highest BCUT2D eigenvalue weighted by atomic mass is 16.6.